The molecule has 1 unspecified atom stereocenters. The largest absolute Gasteiger partial charge is 0.478 e. The highest BCUT2D eigenvalue weighted by atomic mass is 32.2. The number of anilines is 2. The number of rotatable bonds is 6. The van der Waals surface area contributed by atoms with E-state index in [9.17, 15) is 26.4 Å². The number of alkyl halides is 3. The zero-order valence-corrected chi connectivity index (χ0v) is 22.7. The Morgan fingerprint density at radius 3 is 2.47 bits per heavy atom. The van der Waals surface area contributed by atoms with Gasteiger partial charge in [0.1, 0.15) is 10.6 Å². The third-order valence-corrected chi connectivity index (χ3v) is 8.43. The molecule has 0 saturated carbocycles. The Labute approximate surface area is 221 Å². The molecule has 2 aromatic heterocycles. The predicted molar refractivity (Wildman–Crippen MR) is 138 cm³/mol. The number of aromatic carboxylic acids is 1. The molecule has 4 rings (SSSR count). The van der Waals surface area contributed by atoms with E-state index in [2.05, 4.69) is 15.0 Å². The van der Waals surface area contributed by atoms with Crippen molar-refractivity contribution >= 4 is 38.8 Å². The van der Waals surface area contributed by atoms with Crippen molar-refractivity contribution in [2.24, 2.45) is 5.92 Å². The zero-order valence-electron chi connectivity index (χ0n) is 21.0. The van der Waals surface area contributed by atoms with Crippen LogP contribution in [0.25, 0.3) is 10.6 Å². The molecule has 0 bridgehead atoms. The van der Waals surface area contributed by atoms with Crippen LogP contribution < -0.4 is 9.80 Å². The maximum atomic E-state index is 13.6. The van der Waals surface area contributed by atoms with Crippen LogP contribution in [0.1, 0.15) is 35.6 Å². The van der Waals surface area contributed by atoms with Crippen molar-refractivity contribution in [1.82, 2.24) is 15.0 Å². The monoisotopic (exact) mass is 569 g/mol. The second kappa shape index (κ2) is 10.1. The normalized spacial score (nSPS) is 16.8. The van der Waals surface area contributed by atoms with Crippen LogP contribution in [0, 0.1) is 12.8 Å². The van der Waals surface area contributed by atoms with E-state index in [4.69, 9.17) is 5.11 Å². The molecule has 1 aliphatic heterocycles. The van der Waals surface area contributed by atoms with Crippen LogP contribution in [-0.2, 0) is 16.0 Å². The molecular weight excluding hydrogens is 543 g/mol. The van der Waals surface area contributed by atoms with E-state index < -0.39 is 33.2 Å². The summed E-state index contributed by atoms with van der Waals surface area (Å²) in [6, 6.07) is 4.81. The number of aryl methyl sites for hydroxylation is 1. The van der Waals surface area contributed by atoms with Gasteiger partial charge in [0, 0.05) is 54.4 Å². The van der Waals surface area contributed by atoms with Crippen LogP contribution in [0.5, 0.6) is 0 Å². The van der Waals surface area contributed by atoms with E-state index in [0.29, 0.717) is 35.5 Å². The summed E-state index contributed by atoms with van der Waals surface area (Å²) in [6.45, 7) is 6.61. The average molecular weight is 570 g/mol. The second-order valence-corrected chi connectivity index (χ2v) is 12.3. The van der Waals surface area contributed by atoms with Gasteiger partial charge in [0.25, 0.3) is 0 Å². The zero-order chi connectivity index (χ0) is 28.0. The van der Waals surface area contributed by atoms with Crippen molar-refractivity contribution < 1.29 is 31.5 Å². The Balaban J connectivity index is 1.68. The average Bonchev–Trinajstić information content (AvgIpc) is 3.27. The van der Waals surface area contributed by atoms with Gasteiger partial charge in [-0.3, -0.25) is 0 Å². The molecule has 1 fully saturated rings. The first-order chi connectivity index (χ1) is 17.7. The van der Waals surface area contributed by atoms with Crippen molar-refractivity contribution in [3.8, 4) is 10.6 Å². The van der Waals surface area contributed by atoms with Gasteiger partial charge in [-0.1, -0.05) is 13.8 Å². The molecule has 38 heavy (non-hydrogen) atoms. The molecule has 9 nitrogen and oxygen atoms in total. The maximum absolute atomic E-state index is 13.6. The van der Waals surface area contributed by atoms with Gasteiger partial charge in [0.05, 0.1) is 10.9 Å². The number of benzene rings is 1. The summed E-state index contributed by atoms with van der Waals surface area (Å²) >= 11 is 1.36. The van der Waals surface area contributed by atoms with E-state index in [1.54, 1.807) is 17.0 Å². The van der Waals surface area contributed by atoms with Gasteiger partial charge < -0.3 is 14.9 Å². The molecule has 3 aromatic rings. The summed E-state index contributed by atoms with van der Waals surface area (Å²) in [6.07, 6.45) is -3.13. The number of aromatic nitrogens is 3. The van der Waals surface area contributed by atoms with Gasteiger partial charge in [-0.25, -0.2) is 28.2 Å². The molecule has 1 aromatic carbocycles. The van der Waals surface area contributed by atoms with Crippen LogP contribution in [0.2, 0.25) is 0 Å². The Kier molecular flexibility index (Phi) is 7.40. The van der Waals surface area contributed by atoms with Crippen LogP contribution >= 0.6 is 11.3 Å². The second-order valence-electron chi connectivity index (χ2n) is 9.43. The maximum Gasteiger partial charge on any atom is 0.434 e. The number of carboxylic acids is 1. The molecular formula is C24H26F3N5O4S2. The van der Waals surface area contributed by atoms with Crippen LogP contribution in [0.3, 0.4) is 0 Å². The number of carboxylic acid groups (broad SMARTS) is 1. The van der Waals surface area contributed by atoms with Crippen molar-refractivity contribution in [2.75, 3.05) is 35.7 Å². The highest BCUT2D eigenvalue weighted by Gasteiger charge is 2.40. The number of thiazole rings is 1. The number of nitrogens with zero attached hydrogens (tertiary/aromatic N) is 5. The van der Waals surface area contributed by atoms with Crippen molar-refractivity contribution in [3.63, 3.8) is 0 Å². The van der Waals surface area contributed by atoms with E-state index >= 15 is 0 Å². The van der Waals surface area contributed by atoms with Crippen LogP contribution in [0.4, 0.5) is 24.8 Å². The van der Waals surface area contributed by atoms with Crippen molar-refractivity contribution in [2.45, 2.75) is 37.9 Å². The molecule has 1 N–H and O–H groups in total. The summed E-state index contributed by atoms with van der Waals surface area (Å²) < 4.78 is 66.0. The first-order valence-corrected chi connectivity index (χ1v) is 14.4. The summed E-state index contributed by atoms with van der Waals surface area (Å²) in [5, 5.41) is 11.6. The van der Waals surface area contributed by atoms with E-state index in [1.165, 1.54) is 11.3 Å². The number of hydrogen-bond donors (Lipinski definition) is 1. The van der Waals surface area contributed by atoms with Gasteiger partial charge in [-0.2, -0.15) is 13.2 Å². The summed E-state index contributed by atoms with van der Waals surface area (Å²) in [5.41, 5.74) is -0.543. The van der Waals surface area contributed by atoms with Gasteiger partial charge in [-0.05, 0) is 31.0 Å². The van der Waals surface area contributed by atoms with Crippen molar-refractivity contribution in [3.05, 3.63) is 46.7 Å². The Bertz CT molecular complexity index is 1470. The predicted octanol–water partition coefficient (Wildman–Crippen LogP) is 4.38. The highest BCUT2D eigenvalue weighted by Crippen LogP contribution is 2.36. The molecule has 1 saturated heterocycles. The lowest BCUT2D eigenvalue weighted by molar-refractivity contribution is -0.141. The first kappa shape index (κ1) is 27.8. The van der Waals surface area contributed by atoms with Gasteiger partial charge in [0.2, 0.25) is 5.95 Å². The molecule has 0 aliphatic carbocycles. The van der Waals surface area contributed by atoms with Gasteiger partial charge in [-0.15, -0.1) is 11.3 Å². The molecule has 14 heteroatoms. The third kappa shape index (κ3) is 5.60. The highest BCUT2D eigenvalue weighted by molar-refractivity contribution is 7.90. The van der Waals surface area contributed by atoms with Crippen LogP contribution in [0.15, 0.2) is 34.7 Å². The molecule has 1 aliphatic rings. The Hall–Kier alpha value is -3.26. The topological polar surface area (TPSA) is 117 Å². The SMILES string of the molecule is Cc1csc(-c2ccc(N3CCN(c4ncc(C(=O)O)c(C(F)(F)F)n4)C(C(C)C)C3)cc2S(C)(=O)=O)n1. The van der Waals surface area contributed by atoms with Gasteiger partial charge in [0.15, 0.2) is 15.5 Å². The number of halogens is 3. The lowest BCUT2D eigenvalue weighted by Crippen LogP contribution is -2.56. The van der Waals surface area contributed by atoms with E-state index in [1.807, 2.05) is 37.1 Å². The van der Waals surface area contributed by atoms with Gasteiger partial charge >= 0.3 is 12.1 Å². The fourth-order valence-corrected chi connectivity index (χ4v) is 6.22. The summed E-state index contributed by atoms with van der Waals surface area (Å²) in [7, 11) is -3.59. The standard InChI is InChI=1S/C24H26F3N5O4S2/c1-13(2)18-11-31(7-8-32(18)23-28-10-17(22(33)34)20(30-23)24(25,26)27)15-5-6-16(19(9-15)38(4,35)36)21-29-14(3)12-37-21/h5-6,9-10,12-13,18H,7-8,11H2,1-4H3,(H,33,34). The first-order valence-electron chi connectivity index (χ1n) is 11.6. The van der Waals surface area contributed by atoms with Crippen LogP contribution in [-0.4, -0.2) is 66.4 Å². The molecule has 0 radical (unpaired) electrons. The fraction of sp³-hybridized carbons (Fsp3) is 0.417. The molecule has 204 valence electrons. The quantitative estimate of drug-likeness (QED) is 0.462. The summed E-state index contributed by atoms with van der Waals surface area (Å²) in [5.74, 6) is -2.00. The Morgan fingerprint density at radius 2 is 1.92 bits per heavy atom. The molecule has 1 atom stereocenters. The molecule has 0 spiro atoms. The minimum atomic E-state index is -4.96. The fourth-order valence-electron chi connectivity index (χ4n) is 4.42. The smallest absolute Gasteiger partial charge is 0.434 e. The lowest BCUT2D eigenvalue weighted by Gasteiger charge is -2.44. The third-order valence-electron chi connectivity index (χ3n) is 6.30. The number of piperazine rings is 1. The minimum Gasteiger partial charge on any atom is -0.478 e. The van der Waals surface area contributed by atoms with E-state index in [-0.39, 0.29) is 29.3 Å². The molecule has 0 amide bonds. The number of carbonyl (C=O) groups is 1. The number of sulfone groups is 1. The minimum absolute atomic E-state index is 0.0400. The Morgan fingerprint density at radius 1 is 1.21 bits per heavy atom. The lowest BCUT2D eigenvalue weighted by atomic mass is 9.99. The summed E-state index contributed by atoms with van der Waals surface area (Å²) in [4.78, 5) is 27.1. The van der Waals surface area contributed by atoms with E-state index in [0.717, 1.165) is 11.9 Å². The molecule has 3 heterocycles. The number of hydrogen-bond acceptors (Lipinski definition) is 9. The van der Waals surface area contributed by atoms with Crippen molar-refractivity contribution in [1.29, 1.82) is 0 Å².